The second-order valence-electron chi connectivity index (χ2n) is 14.9. The molecule has 0 atom stereocenters. The Labute approximate surface area is 311 Å². The molecule has 1 aliphatic carbocycles. The molecule has 250 valence electrons. The van der Waals surface area contributed by atoms with Crippen LogP contribution in [0.3, 0.4) is 0 Å². The van der Waals surface area contributed by atoms with Crippen molar-refractivity contribution < 1.29 is 0 Å². The normalized spacial score (nSPS) is 12.9. The third kappa shape index (κ3) is 5.13. The molecule has 0 bridgehead atoms. The van der Waals surface area contributed by atoms with Crippen molar-refractivity contribution in [2.75, 3.05) is 0 Å². The summed E-state index contributed by atoms with van der Waals surface area (Å²) in [6.45, 7) is 4.69. The Morgan fingerprint density at radius 1 is 0.264 bits per heavy atom. The van der Waals surface area contributed by atoms with Gasteiger partial charge >= 0.3 is 0 Å². The lowest BCUT2D eigenvalue weighted by atomic mass is 9.81. The summed E-state index contributed by atoms with van der Waals surface area (Å²) in [5.74, 6) is 0. The van der Waals surface area contributed by atoms with Crippen LogP contribution in [0.5, 0.6) is 0 Å². The van der Waals surface area contributed by atoms with Crippen LogP contribution in [-0.4, -0.2) is 0 Å². The summed E-state index contributed by atoms with van der Waals surface area (Å²) in [7, 11) is 0. The highest BCUT2D eigenvalue weighted by Crippen LogP contribution is 2.49. The first kappa shape index (κ1) is 31.3. The van der Waals surface area contributed by atoms with Crippen molar-refractivity contribution in [3.05, 3.63) is 205 Å². The maximum atomic E-state index is 2.40. The molecular weight excluding hydrogens is 637 g/mol. The molecule has 9 aromatic carbocycles. The number of fused-ring (bicyclic) bond motifs is 5. The molecule has 0 saturated carbocycles. The fraction of sp³-hybridized carbons (Fsp3) is 0.0566. The van der Waals surface area contributed by atoms with Gasteiger partial charge in [-0.25, -0.2) is 0 Å². The van der Waals surface area contributed by atoms with Gasteiger partial charge in [-0.1, -0.05) is 202 Å². The summed E-state index contributed by atoms with van der Waals surface area (Å²) in [6, 6.07) is 71.4. The third-order valence-electron chi connectivity index (χ3n) is 11.5. The van der Waals surface area contributed by atoms with Crippen molar-refractivity contribution in [2.24, 2.45) is 0 Å². The summed E-state index contributed by atoms with van der Waals surface area (Å²) >= 11 is 0. The minimum absolute atomic E-state index is 0.000836. The molecule has 0 heteroatoms. The fourth-order valence-corrected chi connectivity index (χ4v) is 8.78. The predicted molar refractivity (Wildman–Crippen MR) is 226 cm³/mol. The molecule has 0 N–H and O–H groups in total. The summed E-state index contributed by atoms with van der Waals surface area (Å²) in [5, 5.41) is 5.11. The maximum absolute atomic E-state index is 2.40. The van der Waals surface area contributed by atoms with Crippen LogP contribution in [0, 0.1) is 0 Å². The smallest absolute Gasteiger partial charge is 0.0159 e. The van der Waals surface area contributed by atoms with Crippen LogP contribution < -0.4 is 0 Å². The lowest BCUT2D eigenvalue weighted by Crippen LogP contribution is -2.14. The van der Waals surface area contributed by atoms with E-state index in [-0.39, 0.29) is 5.41 Å². The molecule has 53 heavy (non-hydrogen) atoms. The second kappa shape index (κ2) is 12.3. The maximum Gasteiger partial charge on any atom is 0.0159 e. The molecule has 0 heterocycles. The fourth-order valence-electron chi connectivity index (χ4n) is 8.78. The van der Waals surface area contributed by atoms with Gasteiger partial charge in [-0.15, -0.1) is 0 Å². The zero-order valence-corrected chi connectivity index (χ0v) is 30.0. The first-order chi connectivity index (χ1) is 26.0. The standard InChI is InChI=1S/C53H38/c1-53(2)49-19-11-10-14-43(49)44-33-32-42(34-50(44)53)39-26-24-37(25-27-39)35-20-22-36(23-21-35)38-28-30-41(31-29-38)52-47-17-8-6-15-45(47)51(40-12-4-3-5-13-40)46-16-7-9-18-48(46)52/h3-34H,1-2H3. The number of hydrogen-bond donors (Lipinski definition) is 0. The Bertz CT molecular complexity index is 2740. The van der Waals surface area contributed by atoms with Crippen molar-refractivity contribution in [2.45, 2.75) is 19.3 Å². The van der Waals surface area contributed by atoms with Crippen molar-refractivity contribution in [1.29, 1.82) is 0 Å². The van der Waals surface area contributed by atoms with E-state index in [4.69, 9.17) is 0 Å². The van der Waals surface area contributed by atoms with E-state index in [0.29, 0.717) is 0 Å². The quantitative estimate of drug-likeness (QED) is 0.159. The molecule has 1 aliphatic rings. The minimum atomic E-state index is 0.000836. The van der Waals surface area contributed by atoms with Crippen LogP contribution >= 0.6 is 0 Å². The molecule has 0 unspecified atom stereocenters. The van der Waals surface area contributed by atoms with Gasteiger partial charge in [0.1, 0.15) is 0 Å². The Hall–Kier alpha value is -6.50. The van der Waals surface area contributed by atoms with E-state index >= 15 is 0 Å². The summed E-state index contributed by atoms with van der Waals surface area (Å²) in [6.07, 6.45) is 0. The highest BCUT2D eigenvalue weighted by molar-refractivity contribution is 6.21. The van der Waals surface area contributed by atoms with Crippen molar-refractivity contribution >= 4 is 21.5 Å². The van der Waals surface area contributed by atoms with Gasteiger partial charge in [0.05, 0.1) is 0 Å². The largest absolute Gasteiger partial charge is 0.0622 e. The van der Waals surface area contributed by atoms with Crippen LogP contribution in [-0.2, 0) is 5.41 Å². The average molecular weight is 675 g/mol. The van der Waals surface area contributed by atoms with Gasteiger partial charge in [0.25, 0.3) is 0 Å². The summed E-state index contributed by atoms with van der Waals surface area (Å²) in [4.78, 5) is 0. The molecule has 9 aromatic rings. The molecule has 0 aromatic heterocycles. The van der Waals surface area contributed by atoms with Gasteiger partial charge in [0.15, 0.2) is 0 Å². The molecule has 0 spiro atoms. The van der Waals surface area contributed by atoms with E-state index < -0.39 is 0 Å². The second-order valence-corrected chi connectivity index (χ2v) is 14.9. The van der Waals surface area contributed by atoms with Crippen molar-refractivity contribution in [3.8, 4) is 66.8 Å². The lowest BCUT2D eigenvalue weighted by Gasteiger charge is -2.22. The van der Waals surface area contributed by atoms with Crippen LogP contribution in [0.4, 0.5) is 0 Å². The Morgan fingerprint density at radius 3 is 1.09 bits per heavy atom. The van der Waals surface area contributed by atoms with E-state index in [1.54, 1.807) is 0 Å². The highest BCUT2D eigenvalue weighted by atomic mass is 14.4. The molecule has 0 aliphatic heterocycles. The van der Waals surface area contributed by atoms with Gasteiger partial charge < -0.3 is 0 Å². The van der Waals surface area contributed by atoms with Gasteiger partial charge in [-0.2, -0.15) is 0 Å². The Kier molecular flexibility index (Phi) is 7.27. The molecule has 0 fully saturated rings. The van der Waals surface area contributed by atoms with E-state index in [9.17, 15) is 0 Å². The van der Waals surface area contributed by atoms with Crippen molar-refractivity contribution in [3.63, 3.8) is 0 Å². The van der Waals surface area contributed by atoms with E-state index in [1.165, 1.54) is 99.4 Å². The number of benzene rings is 9. The van der Waals surface area contributed by atoms with Crippen LogP contribution in [0.2, 0.25) is 0 Å². The zero-order valence-electron chi connectivity index (χ0n) is 30.0. The predicted octanol–water partition coefficient (Wildman–Crippen LogP) is 14.6. The average Bonchev–Trinajstić information content (AvgIpc) is 3.45. The Morgan fingerprint density at radius 2 is 0.604 bits per heavy atom. The third-order valence-corrected chi connectivity index (χ3v) is 11.5. The van der Waals surface area contributed by atoms with E-state index in [0.717, 1.165) is 0 Å². The van der Waals surface area contributed by atoms with Gasteiger partial charge in [0.2, 0.25) is 0 Å². The molecule has 10 rings (SSSR count). The van der Waals surface area contributed by atoms with E-state index in [1.807, 2.05) is 0 Å². The van der Waals surface area contributed by atoms with Gasteiger partial charge in [-0.3, -0.25) is 0 Å². The molecule has 0 saturated heterocycles. The van der Waals surface area contributed by atoms with Crippen molar-refractivity contribution in [1.82, 2.24) is 0 Å². The number of rotatable bonds is 5. The van der Waals surface area contributed by atoms with E-state index in [2.05, 4.69) is 208 Å². The SMILES string of the molecule is CC1(C)c2ccccc2-c2ccc(-c3ccc(-c4ccc(-c5ccc(-c6c7ccccc7c(-c7ccccc7)c7ccccc67)cc5)cc4)cc3)cc21. The van der Waals surface area contributed by atoms with Gasteiger partial charge in [-0.05, 0) is 105 Å². The van der Waals surface area contributed by atoms with Crippen LogP contribution in [0.15, 0.2) is 194 Å². The molecular formula is C53H38. The molecule has 0 amide bonds. The monoisotopic (exact) mass is 674 g/mol. The topological polar surface area (TPSA) is 0 Å². The zero-order chi connectivity index (χ0) is 35.5. The lowest BCUT2D eigenvalue weighted by molar-refractivity contribution is 0.660. The highest BCUT2D eigenvalue weighted by Gasteiger charge is 2.35. The number of hydrogen-bond acceptors (Lipinski definition) is 0. The van der Waals surface area contributed by atoms with Crippen LogP contribution in [0.25, 0.3) is 88.3 Å². The minimum Gasteiger partial charge on any atom is -0.0622 e. The van der Waals surface area contributed by atoms with Crippen LogP contribution in [0.1, 0.15) is 25.0 Å². The Balaban J connectivity index is 0.935. The first-order valence-corrected chi connectivity index (χ1v) is 18.6. The van der Waals surface area contributed by atoms with Gasteiger partial charge in [0, 0.05) is 5.41 Å². The molecule has 0 radical (unpaired) electrons. The first-order valence-electron chi connectivity index (χ1n) is 18.6. The summed E-state index contributed by atoms with van der Waals surface area (Å²) in [5.41, 5.74) is 18.0. The molecule has 0 nitrogen and oxygen atoms in total. The summed E-state index contributed by atoms with van der Waals surface area (Å²) < 4.78 is 0.